The van der Waals surface area contributed by atoms with Crippen LogP contribution in [0.15, 0.2) is 0 Å². The van der Waals surface area contributed by atoms with Gasteiger partial charge in [-0.1, -0.05) is 0 Å². The van der Waals surface area contributed by atoms with Gasteiger partial charge in [0.1, 0.15) is 0 Å². The minimum absolute atomic E-state index is 0.340. The van der Waals surface area contributed by atoms with E-state index in [9.17, 15) is 5.11 Å². The Morgan fingerprint density at radius 3 is 3.07 bits per heavy atom. The Hall–Kier alpha value is -0.160. The van der Waals surface area contributed by atoms with Crippen molar-refractivity contribution in [2.24, 2.45) is 11.7 Å². The summed E-state index contributed by atoms with van der Waals surface area (Å²) in [5, 5.41) is 9.38. The molecule has 0 aromatic heterocycles. The van der Waals surface area contributed by atoms with Gasteiger partial charge in [0.05, 0.1) is 12.7 Å². The quantitative estimate of drug-likeness (QED) is 0.659. The van der Waals surface area contributed by atoms with Gasteiger partial charge in [-0.05, 0) is 31.7 Å². The van der Waals surface area contributed by atoms with Gasteiger partial charge < -0.3 is 20.5 Å². The predicted octanol–water partition coefficient (Wildman–Crippen LogP) is 0.0545. The minimum Gasteiger partial charge on any atom is -0.392 e. The molecule has 1 rings (SSSR count). The van der Waals surface area contributed by atoms with Gasteiger partial charge >= 0.3 is 0 Å². The molecule has 4 heteroatoms. The molecule has 2 atom stereocenters. The molecule has 4 nitrogen and oxygen atoms in total. The lowest BCUT2D eigenvalue weighted by molar-refractivity contribution is 0.0792. The van der Waals surface area contributed by atoms with Crippen LogP contribution in [0.5, 0.6) is 0 Å². The summed E-state index contributed by atoms with van der Waals surface area (Å²) in [5.41, 5.74) is 5.37. The number of hydrogen-bond donors (Lipinski definition) is 2. The van der Waals surface area contributed by atoms with Crippen LogP contribution >= 0.6 is 0 Å². The highest BCUT2D eigenvalue weighted by Crippen LogP contribution is 2.16. The highest BCUT2D eigenvalue weighted by molar-refractivity contribution is 4.73. The third-order valence-electron chi connectivity index (χ3n) is 3.06. The molecule has 0 saturated carbocycles. The highest BCUT2D eigenvalue weighted by atomic mass is 16.5. The molecule has 1 saturated heterocycles. The zero-order valence-electron chi connectivity index (χ0n) is 9.69. The molecule has 0 bridgehead atoms. The van der Waals surface area contributed by atoms with E-state index in [0.29, 0.717) is 12.5 Å². The van der Waals surface area contributed by atoms with Crippen molar-refractivity contribution in [2.45, 2.75) is 25.4 Å². The van der Waals surface area contributed by atoms with E-state index in [1.54, 1.807) is 7.11 Å². The topological polar surface area (TPSA) is 58.7 Å². The lowest BCUT2D eigenvalue weighted by Gasteiger charge is -2.32. The minimum atomic E-state index is -0.340. The van der Waals surface area contributed by atoms with Gasteiger partial charge in [0, 0.05) is 26.7 Å². The van der Waals surface area contributed by atoms with Crippen LogP contribution in [0.2, 0.25) is 0 Å². The smallest absolute Gasteiger partial charge is 0.0674 e. The summed E-state index contributed by atoms with van der Waals surface area (Å²) < 4.78 is 5.18. The number of nitrogens with zero attached hydrogens (tertiary/aromatic N) is 1. The van der Waals surface area contributed by atoms with E-state index in [2.05, 4.69) is 4.90 Å². The van der Waals surface area contributed by atoms with Crippen molar-refractivity contribution >= 4 is 0 Å². The summed E-state index contributed by atoms with van der Waals surface area (Å²) in [6.45, 7) is 4.44. The first-order valence-corrected chi connectivity index (χ1v) is 5.85. The summed E-state index contributed by atoms with van der Waals surface area (Å²) in [4.78, 5) is 2.41. The highest BCUT2D eigenvalue weighted by Gasteiger charge is 2.19. The van der Waals surface area contributed by atoms with Gasteiger partial charge in [0.15, 0.2) is 0 Å². The van der Waals surface area contributed by atoms with E-state index >= 15 is 0 Å². The molecule has 90 valence electrons. The van der Waals surface area contributed by atoms with Gasteiger partial charge in [-0.25, -0.2) is 0 Å². The molecule has 1 aliphatic heterocycles. The van der Waals surface area contributed by atoms with E-state index < -0.39 is 0 Å². The molecule has 1 fully saturated rings. The first-order valence-electron chi connectivity index (χ1n) is 5.85. The Labute approximate surface area is 92.4 Å². The number of aliphatic hydroxyl groups is 1. The van der Waals surface area contributed by atoms with E-state index in [1.807, 2.05) is 0 Å². The van der Waals surface area contributed by atoms with E-state index in [0.717, 1.165) is 32.7 Å². The largest absolute Gasteiger partial charge is 0.392 e. The summed E-state index contributed by atoms with van der Waals surface area (Å²) >= 11 is 0. The second-order valence-electron chi connectivity index (χ2n) is 4.44. The normalized spacial score (nSPS) is 25.4. The zero-order valence-corrected chi connectivity index (χ0v) is 9.69. The van der Waals surface area contributed by atoms with Crippen molar-refractivity contribution in [2.75, 3.05) is 39.9 Å². The summed E-state index contributed by atoms with van der Waals surface area (Å²) in [5.74, 6) is 0.666. The average Bonchev–Trinajstić information content (AvgIpc) is 2.27. The standard InChI is InChI=1S/C11H24N2O2/c1-15-9-10-3-2-5-13(8-10)6-4-11(14)7-12/h10-11,14H,2-9,12H2,1H3. The van der Waals surface area contributed by atoms with Crippen molar-refractivity contribution < 1.29 is 9.84 Å². The first kappa shape index (κ1) is 12.9. The van der Waals surface area contributed by atoms with Gasteiger partial charge in [-0.3, -0.25) is 0 Å². The van der Waals surface area contributed by atoms with Crippen molar-refractivity contribution in [3.63, 3.8) is 0 Å². The molecule has 15 heavy (non-hydrogen) atoms. The van der Waals surface area contributed by atoms with Crippen LogP contribution in [0, 0.1) is 5.92 Å². The Morgan fingerprint density at radius 2 is 2.40 bits per heavy atom. The van der Waals surface area contributed by atoms with Crippen molar-refractivity contribution in [1.82, 2.24) is 4.90 Å². The maximum atomic E-state index is 9.38. The lowest BCUT2D eigenvalue weighted by Crippen LogP contribution is -2.39. The molecule has 1 aliphatic rings. The summed E-state index contributed by atoms with van der Waals surface area (Å²) in [6, 6.07) is 0. The molecule has 0 amide bonds. The fraction of sp³-hybridized carbons (Fsp3) is 1.00. The van der Waals surface area contributed by atoms with Crippen molar-refractivity contribution in [1.29, 1.82) is 0 Å². The van der Waals surface area contributed by atoms with Crippen molar-refractivity contribution in [3.05, 3.63) is 0 Å². The van der Waals surface area contributed by atoms with E-state index in [4.69, 9.17) is 10.5 Å². The summed E-state index contributed by atoms with van der Waals surface area (Å²) in [7, 11) is 1.76. The number of rotatable bonds is 6. The second kappa shape index (κ2) is 7.17. The number of aliphatic hydroxyl groups excluding tert-OH is 1. The van der Waals surface area contributed by atoms with Gasteiger partial charge in [-0.15, -0.1) is 0 Å². The van der Waals surface area contributed by atoms with E-state index in [1.165, 1.54) is 12.8 Å². The first-order chi connectivity index (χ1) is 7.26. The fourth-order valence-corrected chi connectivity index (χ4v) is 2.18. The molecule has 0 aliphatic carbocycles. The predicted molar refractivity (Wildman–Crippen MR) is 60.7 cm³/mol. The molecule has 0 aromatic rings. The van der Waals surface area contributed by atoms with Gasteiger partial charge in [0.25, 0.3) is 0 Å². The average molecular weight is 216 g/mol. The lowest BCUT2D eigenvalue weighted by atomic mass is 9.98. The molecular formula is C11H24N2O2. The number of hydrogen-bond acceptors (Lipinski definition) is 4. The number of nitrogens with two attached hydrogens (primary N) is 1. The Balaban J connectivity index is 2.18. The van der Waals surface area contributed by atoms with Crippen molar-refractivity contribution in [3.8, 4) is 0 Å². The summed E-state index contributed by atoms with van der Waals surface area (Å²) in [6.07, 6.45) is 2.96. The third-order valence-corrected chi connectivity index (χ3v) is 3.06. The third kappa shape index (κ3) is 4.93. The number of ether oxygens (including phenoxy) is 1. The van der Waals surface area contributed by atoms with E-state index in [-0.39, 0.29) is 6.10 Å². The van der Waals surface area contributed by atoms with Crippen LogP contribution < -0.4 is 5.73 Å². The molecule has 0 spiro atoms. The maximum absolute atomic E-state index is 9.38. The molecule has 3 N–H and O–H groups in total. The monoisotopic (exact) mass is 216 g/mol. The number of piperidine rings is 1. The molecular weight excluding hydrogens is 192 g/mol. The van der Waals surface area contributed by atoms with Gasteiger partial charge in [0.2, 0.25) is 0 Å². The second-order valence-corrected chi connectivity index (χ2v) is 4.44. The Morgan fingerprint density at radius 1 is 1.60 bits per heavy atom. The zero-order chi connectivity index (χ0) is 11.1. The van der Waals surface area contributed by atoms with Crippen LogP contribution in [-0.4, -0.2) is 56.0 Å². The van der Waals surface area contributed by atoms with Crippen LogP contribution in [0.25, 0.3) is 0 Å². The van der Waals surface area contributed by atoms with Gasteiger partial charge in [-0.2, -0.15) is 0 Å². The number of likely N-dealkylation sites (tertiary alicyclic amines) is 1. The Kier molecular flexibility index (Phi) is 6.17. The van der Waals surface area contributed by atoms with Crippen LogP contribution in [-0.2, 0) is 4.74 Å². The maximum Gasteiger partial charge on any atom is 0.0674 e. The molecule has 0 radical (unpaired) electrons. The molecule has 1 heterocycles. The van der Waals surface area contributed by atoms with Crippen LogP contribution in [0.3, 0.4) is 0 Å². The molecule has 0 aromatic carbocycles. The fourth-order valence-electron chi connectivity index (χ4n) is 2.18. The van der Waals surface area contributed by atoms with Crippen LogP contribution in [0.1, 0.15) is 19.3 Å². The number of methoxy groups -OCH3 is 1. The SMILES string of the molecule is COCC1CCCN(CCC(O)CN)C1. The molecule has 2 unspecified atom stereocenters. The van der Waals surface area contributed by atoms with Crippen LogP contribution in [0.4, 0.5) is 0 Å². The Bertz CT molecular complexity index is 165.